The maximum Gasteiger partial charge on any atom is 0.0951 e. The molecule has 1 aromatic heterocycles. The lowest BCUT2D eigenvalue weighted by atomic mass is 9.94. The quantitative estimate of drug-likeness (QED) is 0.769. The Morgan fingerprint density at radius 3 is 3.00 bits per heavy atom. The number of β-amino-alcohol motifs (C(OH)–C–C–N with tert-alkyl or cyclic N) is 1. The van der Waals surface area contributed by atoms with E-state index in [1.165, 1.54) is 0 Å². The van der Waals surface area contributed by atoms with E-state index in [-0.39, 0.29) is 0 Å². The van der Waals surface area contributed by atoms with Crippen LogP contribution in [-0.2, 0) is 0 Å². The van der Waals surface area contributed by atoms with E-state index in [1.807, 2.05) is 31.2 Å². The summed E-state index contributed by atoms with van der Waals surface area (Å²) in [7, 11) is 0. The largest absolute Gasteiger partial charge is 0.397 e. The number of anilines is 2. The molecule has 2 aromatic rings. The molecule has 19 heavy (non-hydrogen) atoms. The average molecular weight is 257 g/mol. The summed E-state index contributed by atoms with van der Waals surface area (Å²) in [4.78, 5) is 6.59. The monoisotopic (exact) mass is 257 g/mol. The molecular formula is C15H19N3O. The minimum atomic E-state index is -0.617. The van der Waals surface area contributed by atoms with E-state index in [0.717, 1.165) is 36.0 Å². The molecule has 1 unspecified atom stereocenters. The number of nitrogens with zero attached hydrogens (tertiary/aromatic N) is 2. The fourth-order valence-electron chi connectivity index (χ4n) is 2.88. The number of aliphatic hydroxyl groups is 1. The van der Waals surface area contributed by atoms with Gasteiger partial charge in [0, 0.05) is 30.4 Å². The van der Waals surface area contributed by atoms with Crippen LogP contribution in [0.5, 0.6) is 0 Å². The summed E-state index contributed by atoms with van der Waals surface area (Å²) in [6, 6.07) is 7.89. The highest BCUT2D eigenvalue weighted by molar-refractivity contribution is 5.98. The van der Waals surface area contributed by atoms with E-state index >= 15 is 0 Å². The molecule has 1 atom stereocenters. The van der Waals surface area contributed by atoms with Crippen molar-refractivity contribution in [1.82, 2.24) is 4.98 Å². The first kappa shape index (κ1) is 12.2. The van der Waals surface area contributed by atoms with Gasteiger partial charge in [-0.15, -0.1) is 0 Å². The van der Waals surface area contributed by atoms with E-state index < -0.39 is 5.60 Å². The fourth-order valence-corrected chi connectivity index (χ4v) is 2.88. The highest BCUT2D eigenvalue weighted by Gasteiger charge is 2.29. The van der Waals surface area contributed by atoms with Gasteiger partial charge in [0.1, 0.15) is 0 Å². The summed E-state index contributed by atoms with van der Waals surface area (Å²) in [6.07, 6.45) is 3.61. The number of fused-ring (bicyclic) bond motifs is 1. The van der Waals surface area contributed by atoms with E-state index in [0.29, 0.717) is 12.2 Å². The topological polar surface area (TPSA) is 62.4 Å². The van der Waals surface area contributed by atoms with Crippen molar-refractivity contribution in [2.24, 2.45) is 0 Å². The lowest BCUT2D eigenvalue weighted by Gasteiger charge is -2.38. The zero-order valence-electron chi connectivity index (χ0n) is 11.1. The molecule has 0 radical (unpaired) electrons. The third kappa shape index (κ3) is 2.24. The lowest BCUT2D eigenvalue weighted by molar-refractivity contribution is 0.0450. The lowest BCUT2D eigenvalue weighted by Crippen LogP contribution is -2.46. The summed E-state index contributed by atoms with van der Waals surface area (Å²) < 4.78 is 0. The molecule has 1 aliphatic heterocycles. The molecular weight excluding hydrogens is 238 g/mol. The number of pyridine rings is 1. The summed E-state index contributed by atoms with van der Waals surface area (Å²) in [5, 5.41) is 11.3. The van der Waals surface area contributed by atoms with E-state index in [4.69, 9.17) is 5.73 Å². The maximum absolute atomic E-state index is 10.3. The van der Waals surface area contributed by atoms with Crippen LogP contribution in [-0.4, -0.2) is 28.8 Å². The highest BCUT2D eigenvalue weighted by Crippen LogP contribution is 2.33. The van der Waals surface area contributed by atoms with Gasteiger partial charge in [-0.2, -0.15) is 0 Å². The number of piperidine rings is 1. The second-order valence-electron chi connectivity index (χ2n) is 5.60. The minimum absolute atomic E-state index is 0.617. The number of aromatic nitrogens is 1. The van der Waals surface area contributed by atoms with E-state index in [2.05, 4.69) is 9.88 Å². The Morgan fingerprint density at radius 2 is 2.21 bits per heavy atom. The number of rotatable bonds is 1. The van der Waals surface area contributed by atoms with Gasteiger partial charge in [0.25, 0.3) is 0 Å². The van der Waals surface area contributed by atoms with Crippen molar-refractivity contribution in [1.29, 1.82) is 0 Å². The van der Waals surface area contributed by atoms with Crippen molar-refractivity contribution < 1.29 is 5.11 Å². The molecule has 0 bridgehead atoms. The van der Waals surface area contributed by atoms with Crippen LogP contribution in [0.25, 0.3) is 10.9 Å². The van der Waals surface area contributed by atoms with Gasteiger partial charge in [0.2, 0.25) is 0 Å². The van der Waals surface area contributed by atoms with E-state index in [1.54, 1.807) is 6.20 Å². The van der Waals surface area contributed by atoms with Crippen LogP contribution in [0.4, 0.5) is 11.4 Å². The minimum Gasteiger partial charge on any atom is -0.397 e. The predicted molar refractivity (Wildman–Crippen MR) is 78.2 cm³/mol. The second kappa shape index (κ2) is 4.38. The molecule has 0 saturated carbocycles. The van der Waals surface area contributed by atoms with Crippen molar-refractivity contribution >= 4 is 22.3 Å². The number of hydrogen-bond acceptors (Lipinski definition) is 4. The normalized spacial score (nSPS) is 23.8. The molecule has 1 fully saturated rings. The van der Waals surface area contributed by atoms with Gasteiger partial charge in [-0.05, 0) is 44.0 Å². The molecule has 1 aromatic carbocycles. The summed E-state index contributed by atoms with van der Waals surface area (Å²) >= 11 is 0. The smallest absolute Gasteiger partial charge is 0.0951 e. The first-order chi connectivity index (χ1) is 9.07. The van der Waals surface area contributed by atoms with Gasteiger partial charge in [-0.25, -0.2) is 0 Å². The highest BCUT2D eigenvalue weighted by atomic mass is 16.3. The molecule has 0 amide bonds. The van der Waals surface area contributed by atoms with Gasteiger partial charge in [-0.1, -0.05) is 0 Å². The molecule has 3 rings (SSSR count). The molecule has 0 aliphatic carbocycles. The molecule has 3 N–H and O–H groups in total. The Kier molecular flexibility index (Phi) is 2.82. The van der Waals surface area contributed by atoms with Gasteiger partial charge < -0.3 is 15.7 Å². The zero-order valence-corrected chi connectivity index (χ0v) is 11.1. The Morgan fingerprint density at radius 1 is 1.37 bits per heavy atom. The Balaban J connectivity index is 2.08. The van der Waals surface area contributed by atoms with Crippen LogP contribution in [0.15, 0.2) is 30.5 Å². The molecule has 4 nitrogen and oxygen atoms in total. The van der Waals surface area contributed by atoms with Crippen molar-refractivity contribution in [2.75, 3.05) is 23.7 Å². The average Bonchev–Trinajstić information content (AvgIpc) is 2.38. The number of nitrogen functional groups attached to an aromatic ring is 1. The Bertz CT molecular complexity index is 609. The van der Waals surface area contributed by atoms with Crippen LogP contribution in [0.3, 0.4) is 0 Å². The fraction of sp³-hybridized carbons (Fsp3) is 0.400. The second-order valence-corrected chi connectivity index (χ2v) is 5.60. The predicted octanol–water partition coefficient (Wildman–Crippen LogP) is 2.17. The molecule has 100 valence electrons. The van der Waals surface area contributed by atoms with Crippen LogP contribution >= 0.6 is 0 Å². The van der Waals surface area contributed by atoms with Gasteiger partial charge in [0.05, 0.1) is 16.8 Å². The summed E-state index contributed by atoms with van der Waals surface area (Å²) in [5.41, 5.74) is 8.00. The molecule has 2 heterocycles. The Hall–Kier alpha value is -1.81. The summed E-state index contributed by atoms with van der Waals surface area (Å²) in [6.45, 7) is 3.52. The van der Waals surface area contributed by atoms with Crippen LogP contribution < -0.4 is 10.6 Å². The Labute approximate surface area is 112 Å². The van der Waals surface area contributed by atoms with Crippen LogP contribution in [0.2, 0.25) is 0 Å². The van der Waals surface area contributed by atoms with Crippen LogP contribution in [0.1, 0.15) is 19.8 Å². The SMILES string of the molecule is CC1(O)CCCN(c2ccc(N)c3ncccc23)C1. The number of benzene rings is 1. The van der Waals surface area contributed by atoms with Crippen molar-refractivity contribution in [3.63, 3.8) is 0 Å². The third-order valence-electron chi connectivity index (χ3n) is 3.79. The molecule has 0 spiro atoms. The van der Waals surface area contributed by atoms with Crippen molar-refractivity contribution in [3.05, 3.63) is 30.5 Å². The zero-order chi connectivity index (χ0) is 13.5. The molecule has 4 heteroatoms. The first-order valence-electron chi connectivity index (χ1n) is 6.67. The molecule has 1 saturated heterocycles. The van der Waals surface area contributed by atoms with Crippen molar-refractivity contribution in [2.45, 2.75) is 25.4 Å². The summed E-state index contributed by atoms with van der Waals surface area (Å²) in [5.74, 6) is 0. The van der Waals surface area contributed by atoms with Gasteiger partial charge in [-0.3, -0.25) is 4.98 Å². The van der Waals surface area contributed by atoms with Crippen molar-refractivity contribution in [3.8, 4) is 0 Å². The third-order valence-corrected chi connectivity index (χ3v) is 3.79. The number of nitrogens with two attached hydrogens (primary N) is 1. The molecule has 1 aliphatic rings. The van der Waals surface area contributed by atoms with E-state index in [9.17, 15) is 5.11 Å². The van der Waals surface area contributed by atoms with Gasteiger partial charge in [0.15, 0.2) is 0 Å². The first-order valence-corrected chi connectivity index (χ1v) is 6.67. The number of hydrogen-bond donors (Lipinski definition) is 2. The standard InChI is InChI=1S/C15H19N3O/c1-15(19)7-3-9-18(10-15)13-6-5-12(16)14-11(13)4-2-8-17-14/h2,4-6,8,19H,3,7,9-10,16H2,1H3. The van der Waals surface area contributed by atoms with Crippen LogP contribution in [0, 0.1) is 0 Å². The van der Waals surface area contributed by atoms with Gasteiger partial charge >= 0.3 is 0 Å². The maximum atomic E-state index is 10.3.